The second-order valence-corrected chi connectivity index (χ2v) is 9.62. The van der Waals surface area contributed by atoms with E-state index in [0.29, 0.717) is 34.6 Å². The van der Waals surface area contributed by atoms with E-state index in [1.165, 1.54) is 33.8 Å². The highest BCUT2D eigenvalue weighted by Crippen LogP contribution is 2.30. The van der Waals surface area contributed by atoms with Crippen molar-refractivity contribution in [3.8, 4) is 5.75 Å². The number of carbonyl (C=O) groups is 2. The van der Waals surface area contributed by atoms with Crippen LogP contribution in [-0.2, 0) is 16.1 Å². The van der Waals surface area contributed by atoms with E-state index in [1.54, 1.807) is 30.3 Å². The fourth-order valence-corrected chi connectivity index (χ4v) is 4.05. The Hall–Kier alpha value is -4.27. The first-order chi connectivity index (χ1) is 17.7. The highest BCUT2D eigenvalue weighted by Gasteiger charge is 2.35. The maximum atomic E-state index is 13.9. The fourth-order valence-electron chi connectivity index (χ4n) is 4.05. The number of halogens is 1. The van der Waals surface area contributed by atoms with Crippen molar-refractivity contribution in [2.24, 2.45) is 0 Å². The molecule has 8 nitrogen and oxygen atoms in total. The molecule has 1 atom stereocenters. The number of para-hydroxylation sites is 1. The number of rotatable bonds is 8. The van der Waals surface area contributed by atoms with Crippen molar-refractivity contribution in [2.75, 3.05) is 11.5 Å². The lowest BCUT2D eigenvalue weighted by molar-refractivity contribution is -0.128. The number of ether oxygens (including phenoxy) is 1. The van der Waals surface area contributed by atoms with E-state index in [2.05, 4.69) is 15.6 Å². The molecule has 4 rings (SSSR count). The summed E-state index contributed by atoms with van der Waals surface area (Å²) < 4.78 is 20.9. The zero-order valence-corrected chi connectivity index (χ0v) is 21.3. The van der Waals surface area contributed by atoms with E-state index in [9.17, 15) is 14.0 Å². The second kappa shape index (κ2) is 10.8. The minimum absolute atomic E-state index is 0.172. The van der Waals surface area contributed by atoms with Crippen molar-refractivity contribution in [3.05, 3.63) is 84.2 Å². The molecule has 0 saturated heterocycles. The molecule has 1 heterocycles. The van der Waals surface area contributed by atoms with Crippen molar-refractivity contribution < 1.29 is 18.7 Å². The van der Waals surface area contributed by atoms with Gasteiger partial charge in [-0.1, -0.05) is 29.5 Å². The Balaban J connectivity index is 1.80. The summed E-state index contributed by atoms with van der Waals surface area (Å²) in [5.41, 5.74) is 1.73. The molecule has 1 aromatic heterocycles. The number of hydrogen-bond donors (Lipinski definition) is 1. The van der Waals surface area contributed by atoms with Crippen molar-refractivity contribution in [2.45, 2.75) is 45.8 Å². The zero-order valence-electron chi connectivity index (χ0n) is 21.3. The quantitative estimate of drug-likeness (QED) is 0.378. The van der Waals surface area contributed by atoms with Crippen LogP contribution in [0.25, 0.3) is 11.0 Å². The van der Waals surface area contributed by atoms with E-state index < -0.39 is 23.3 Å². The topological polar surface area (TPSA) is 89.4 Å². The molecule has 37 heavy (non-hydrogen) atoms. The Morgan fingerprint density at radius 3 is 2.35 bits per heavy atom. The zero-order chi connectivity index (χ0) is 26.6. The summed E-state index contributed by atoms with van der Waals surface area (Å²) in [6.45, 7) is 7.81. The average molecular weight is 504 g/mol. The largest absolute Gasteiger partial charge is 0.494 e. The summed E-state index contributed by atoms with van der Waals surface area (Å²) in [4.78, 5) is 29.0. The molecule has 0 saturated carbocycles. The van der Waals surface area contributed by atoms with Gasteiger partial charge in [0.05, 0.1) is 12.1 Å². The first kappa shape index (κ1) is 25.8. The lowest BCUT2D eigenvalue weighted by atomic mass is 10.0. The van der Waals surface area contributed by atoms with Gasteiger partial charge in [-0.2, -0.15) is 0 Å². The van der Waals surface area contributed by atoms with Gasteiger partial charge in [0.2, 0.25) is 11.8 Å². The molecular formula is C28H30FN5O3. The van der Waals surface area contributed by atoms with Gasteiger partial charge in [0.15, 0.2) is 0 Å². The third-order valence-electron chi connectivity index (χ3n) is 5.59. The predicted molar refractivity (Wildman–Crippen MR) is 140 cm³/mol. The standard InChI is InChI=1S/C28H30FN5O3/c1-5-37-22-16-10-19(11-17-22)26(27(36)30-28(2,3)4)34(21-14-12-20(29)13-15-21)25(35)18-33-24-9-7-6-8-23(24)31-32-33/h6-17,26H,5,18H2,1-4H3,(H,30,36)/t26-/m0/s1. The monoisotopic (exact) mass is 503 g/mol. The molecule has 1 N–H and O–H groups in total. The number of nitrogens with one attached hydrogen (secondary N) is 1. The molecule has 0 spiro atoms. The third-order valence-corrected chi connectivity index (χ3v) is 5.59. The Labute approximate surface area is 215 Å². The summed E-state index contributed by atoms with van der Waals surface area (Å²) in [7, 11) is 0. The number of nitrogens with zero attached hydrogens (tertiary/aromatic N) is 4. The number of benzene rings is 3. The summed E-state index contributed by atoms with van der Waals surface area (Å²) in [6.07, 6.45) is 0. The number of hydrogen-bond acceptors (Lipinski definition) is 5. The fraction of sp³-hybridized carbons (Fsp3) is 0.286. The van der Waals surface area contributed by atoms with E-state index in [4.69, 9.17) is 4.74 Å². The summed E-state index contributed by atoms with van der Waals surface area (Å²) in [5, 5.41) is 11.3. The molecule has 2 amide bonds. The van der Waals surface area contributed by atoms with Crippen LogP contribution in [0.3, 0.4) is 0 Å². The van der Waals surface area contributed by atoms with E-state index in [1.807, 2.05) is 45.9 Å². The molecule has 0 aliphatic carbocycles. The molecular weight excluding hydrogens is 473 g/mol. The molecule has 192 valence electrons. The van der Waals surface area contributed by atoms with Crippen LogP contribution in [0.4, 0.5) is 10.1 Å². The van der Waals surface area contributed by atoms with Crippen LogP contribution in [0.1, 0.15) is 39.3 Å². The highest BCUT2D eigenvalue weighted by molar-refractivity contribution is 6.01. The van der Waals surface area contributed by atoms with Crippen molar-refractivity contribution in [1.82, 2.24) is 20.3 Å². The van der Waals surface area contributed by atoms with Crippen LogP contribution in [0.15, 0.2) is 72.8 Å². The van der Waals surface area contributed by atoms with Gasteiger partial charge in [0.1, 0.15) is 29.7 Å². The maximum absolute atomic E-state index is 13.9. The minimum Gasteiger partial charge on any atom is -0.494 e. The molecule has 0 aliphatic rings. The van der Waals surface area contributed by atoms with E-state index in [0.717, 1.165) is 0 Å². The maximum Gasteiger partial charge on any atom is 0.249 e. The predicted octanol–water partition coefficient (Wildman–Crippen LogP) is 4.66. The molecule has 0 unspecified atom stereocenters. The number of anilines is 1. The Kier molecular flexibility index (Phi) is 7.52. The molecule has 9 heteroatoms. The summed E-state index contributed by atoms with van der Waals surface area (Å²) >= 11 is 0. The van der Waals surface area contributed by atoms with Gasteiger partial charge in [-0.05, 0) is 81.8 Å². The van der Waals surface area contributed by atoms with Crippen molar-refractivity contribution >= 4 is 28.5 Å². The third kappa shape index (κ3) is 6.11. The molecule has 0 bridgehead atoms. The van der Waals surface area contributed by atoms with Crippen LogP contribution in [-0.4, -0.2) is 39.0 Å². The lowest BCUT2D eigenvalue weighted by Crippen LogP contribution is -2.50. The number of carbonyl (C=O) groups excluding carboxylic acids is 2. The number of amides is 2. The van der Waals surface area contributed by atoms with Gasteiger partial charge >= 0.3 is 0 Å². The SMILES string of the molecule is CCOc1ccc([C@@H](C(=O)NC(C)(C)C)N(C(=O)Cn2nnc3ccccc32)c2ccc(F)cc2)cc1. The van der Waals surface area contributed by atoms with Crippen LogP contribution < -0.4 is 15.0 Å². The van der Waals surface area contributed by atoms with Gasteiger partial charge in [0, 0.05) is 11.2 Å². The van der Waals surface area contributed by atoms with Crippen LogP contribution in [0.5, 0.6) is 5.75 Å². The van der Waals surface area contributed by atoms with Crippen LogP contribution in [0, 0.1) is 5.82 Å². The number of fused-ring (bicyclic) bond motifs is 1. The first-order valence-corrected chi connectivity index (χ1v) is 12.1. The van der Waals surface area contributed by atoms with Gasteiger partial charge in [-0.3, -0.25) is 14.5 Å². The van der Waals surface area contributed by atoms with Crippen molar-refractivity contribution in [1.29, 1.82) is 0 Å². The highest BCUT2D eigenvalue weighted by atomic mass is 19.1. The van der Waals surface area contributed by atoms with E-state index >= 15 is 0 Å². The van der Waals surface area contributed by atoms with Crippen molar-refractivity contribution in [3.63, 3.8) is 0 Å². The Morgan fingerprint density at radius 2 is 1.70 bits per heavy atom. The molecule has 0 fully saturated rings. The molecule has 0 radical (unpaired) electrons. The lowest BCUT2D eigenvalue weighted by Gasteiger charge is -2.34. The Morgan fingerprint density at radius 1 is 1.03 bits per heavy atom. The number of aromatic nitrogens is 3. The first-order valence-electron chi connectivity index (χ1n) is 12.1. The normalized spacial score (nSPS) is 12.2. The van der Waals surface area contributed by atoms with E-state index in [-0.39, 0.29) is 12.5 Å². The Bertz CT molecular complexity index is 1380. The van der Waals surface area contributed by atoms with Gasteiger partial charge in [0.25, 0.3) is 0 Å². The van der Waals surface area contributed by atoms with Gasteiger partial charge in [-0.25, -0.2) is 9.07 Å². The van der Waals surface area contributed by atoms with Crippen LogP contribution >= 0.6 is 0 Å². The van der Waals surface area contributed by atoms with Gasteiger partial charge < -0.3 is 10.1 Å². The minimum atomic E-state index is -1.04. The average Bonchev–Trinajstić information content (AvgIpc) is 3.25. The van der Waals surface area contributed by atoms with Crippen LogP contribution in [0.2, 0.25) is 0 Å². The summed E-state index contributed by atoms with van der Waals surface area (Å²) in [5.74, 6) is -0.590. The second-order valence-electron chi connectivity index (χ2n) is 9.62. The van der Waals surface area contributed by atoms with Gasteiger partial charge in [-0.15, -0.1) is 5.10 Å². The summed E-state index contributed by atoms with van der Waals surface area (Å²) in [6, 6.07) is 18.8. The smallest absolute Gasteiger partial charge is 0.249 e. The molecule has 4 aromatic rings. The molecule has 0 aliphatic heterocycles. The molecule has 3 aromatic carbocycles.